The van der Waals surface area contributed by atoms with Gasteiger partial charge in [-0.05, 0) is 39.0 Å². The molecule has 0 aliphatic rings. The van der Waals surface area contributed by atoms with Crippen molar-refractivity contribution in [2.24, 2.45) is 4.99 Å². The summed E-state index contributed by atoms with van der Waals surface area (Å²) in [5, 5.41) is 11.8. The Morgan fingerprint density at radius 2 is 2.00 bits per heavy atom. The minimum Gasteiger partial charge on any atom is -0.462 e. The smallest absolute Gasteiger partial charge is 0.350 e. The molecular formula is C22H28N6O2S. The fourth-order valence-corrected chi connectivity index (χ4v) is 3.95. The maximum Gasteiger partial charge on any atom is 0.350 e. The molecule has 31 heavy (non-hydrogen) atoms. The van der Waals surface area contributed by atoms with E-state index < -0.39 is 0 Å². The van der Waals surface area contributed by atoms with Crippen LogP contribution in [0.3, 0.4) is 0 Å². The molecule has 0 saturated heterocycles. The van der Waals surface area contributed by atoms with Gasteiger partial charge in [0, 0.05) is 25.5 Å². The van der Waals surface area contributed by atoms with Crippen LogP contribution in [0.25, 0.3) is 10.9 Å². The standard InChI is InChI=1S/C22H28N6O2S/c1-5-30-21(29)19-14(2)26-20(31-19)15(3)27-22(23-4)25-13-12-24-18-11-10-16-8-6-7-9-17(16)28-18/h6-11,15H,5,12-13H2,1-4H3,(H,24,28)(H2,23,25,27). The molecule has 0 spiro atoms. The highest BCUT2D eigenvalue weighted by Crippen LogP contribution is 2.24. The summed E-state index contributed by atoms with van der Waals surface area (Å²) in [4.78, 5) is 26.0. The maximum atomic E-state index is 12.0. The number of carbonyl (C=O) groups is 1. The summed E-state index contributed by atoms with van der Waals surface area (Å²) in [6.45, 7) is 7.28. The van der Waals surface area contributed by atoms with Crippen LogP contribution in [0.15, 0.2) is 41.4 Å². The Labute approximate surface area is 186 Å². The predicted molar refractivity (Wildman–Crippen MR) is 126 cm³/mol. The second-order valence-electron chi connectivity index (χ2n) is 6.87. The van der Waals surface area contributed by atoms with Gasteiger partial charge in [0.05, 0.1) is 23.9 Å². The van der Waals surface area contributed by atoms with E-state index in [1.165, 1.54) is 11.3 Å². The Balaban J connectivity index is 1.49. The summed E-state index contributed by atoms with van der Waals surface area (Å²) in [5.74, 6) is 1.17. The van der Waals surface area contributed by atoms with Gasteiger partial charge in [0.2, 0.25) is 0 Å². The molecular weight excluding hydrogens is 412 g/mol. The first-order valence-electron chi connectivity index (χ1n) is 10.2. The lowest BCUT2D eigenvalue weighted by atomic mass is 10.2. The van der Waals surface area contributed by atoms with Gasteiger partial charge >= 0.3 is 5.97 Å². The molecule has 3 aromatic rings. The van der Waals surface area contributed by atoms with Gasteiger partial charge in [0.1, 0.15) is 15.7 Å². The number of pyridine rings is 1. The Bertz CT molecular complexity index is 1070. The highest BCUT2D eigenvalue weighted by atomic mass is 32.1. The van der Waals surface area contributed by atoms with Crippen molar-refractivity contribution in [3.63, 3.8) is 0 Å². The highest BCUT2D eigenvalue weighted by Gasteiger charge is 2.20. The number of carbonyl (C=O) groups excluding carboxylic acids is 1. The average molecular weight is 441 g/mol. The van der Waals surface area contributed by atoms with Gasteiger partial charge in [-0.25, -0.2) is 14.8 Å². The van der Waals surface area contributed by atoms with Crippen LogP contribution in [0.4, 0.5) is 5.82 Å². The third-order valence-electron chi connectivity index (χ3n) is 4.54. The zero-order valence-corrected chi connectivity index (χ0v) is 19.0. The monoisotopic (exact) mass is 440 g/mol. The first kappa shape index (κ1) is 22.5. The molecule has 0 aliphatic carbocycles. The Morgan fingerprint density at radius 1 is 1.19 bits per heavy atom. The summed E-state index contributed by atoms with van der Waals surface area (Å²) < 4.78 is 5.09. The number of aromatic nitrogens is 2. The lowest BCUT2D eigenvalue weighted by Gasteiger charge is -2.16. The fourth-order valence-electron chi connectivity index (χ4n) is 2.99. The van der Waals surface area contributed by atoms with E-state index in [-0.39, 0.29) is 12.0 Å². The number of hydrogen-bond acceptors (Lipinski definition) is 7. The molecule has 2 aromatic heterocycles. The van der Waals surface area contributed by atoms with Crippen molar-refractivity contribution in [1.82, 2.24) is 20.6 Å². The number of esters is 1. The van der Waals surface area contributed by atoms with Crippen molar-refractivity contribution >= 4 is 40.0 Å². The number of fused-ring (bicyclic) bond motifs is 1. The van der Waals surface area contributed by atoms with Crippen LogP contribution in [0.1, 0.15) is 40.3 Å². The molecule has 0 radical (unpaired) electrons. The van der Waals surface area contributed by atoms with Crippen LogP contribution in [0, 0.1) is 6.92 Å². The molecule has 1 atom stereocenters. The van der Waals surface area contributed by atoms with E-state index in [1.54, 1.807) is 14.0 Å². The van der Waals surface area contributed by atoms with Gasteiger partial charge in [-0.15, -0.1) is 11.3 Å². The van der Waals surface area contributed by atoms with E-state index in [0.717, 1.165) is 21.7 Å². The SMILES string of the molecule is CCOC(=O)c1sc(C(C)NC(=NC)NCCNc2ccc3ccccc3n2)nc1C. The summed E-state index contributed by atoms with van der Waals surface area (Å²) in [6.07, 6.45) is 0. The van der Waals surface area contributed by atoms with Crippen LogP contribution in [-0.2, 0) is 4.74 Å². The average Bonchev–Trinajstić information content (AvgIpc) is 3.17. The lowest BCUT2D eigenvalue weighted by Crippen LogP contribution is -2.40. The number of thiazole rings is 1. The molecule has 3 N–H and O–H groups in total. The zero-order valence-electron chi connectivity index (χ0n) is 18.2. The fraction of sp³-hybridized carbons (Fsp3) is 0.364. The van der Waals surface area contributed by atoms with E-state index in [9.17, 15) is 4.79 Å². The first-order valence-corrected chi connectivity index (χ1v) is 11.0. The quantitative estimate of drug-likeness (QED) is 0.213. The van der Waals surface area contributed by atoms with Gasteiger partial charge in [-0.3, -0.25) is 4.99 Å². The second-order valence-corrected chi connectivity index (χ2v) is 7.90. The van der Waals surface area contributed by atoms with Crippen molar-refractivity contribution in [2.45, 2.75) is 26.8 Å². The zero-order chi connectivity index (χ0) is 22.2. The molecule has 0 fully saturated rings. The molecule has 1 aromatic carbocycles. The number of benzene rings is 1. The Morgan fingerprint density at radius 3 is 2.77 bits per heavy atom. The number of aryl methyl sites for hydroxylation is 1. The number of nitrogens with zero attached hydrogens (tertiary/aromatic N) is 3. The second kappa shape index (κ2) is 10.7. The Kier molecular flexibility index (Phi) is 7.77. The Hall–Kier alpha value is -3.20. The molecule has 0 bridgehead atoms. The summed E-state index contributed by atoms with van der Waals surface area (Å²) >= 11 is 1.34. The molecule has 3 rings (SSSR count). The largest absolute Gasteiger partial charge is 0.462 e. The lowest BCUT2D eigenvalue weighted by molar-refractivity contribution is 0.0531. The third-order valence-corrected chi connectivity index (χ3v) is 5.86. The number of para-hydroxylation sites is 1. The van der Waals surface area contributed by atoms with Gasteiger partial charge in [0.25, 0.3) is 0 Å². The summed E-state index contributed by atoms with van der Waals surface area (Å²) in [5.41, 5.74) is 1.65. The van der Waals surface area contributed by atoms with Crippen molar-refractivity contribution in [3.05, 3.63) is 52.0 Å². The number of aliphatic imine (C=N–C) groups is 1. The van der Waals surface area contributed by atoms with Gasteiger partial charge in [0.15, 0.2) is 5.96 Å². The van der Waals surface area contributed by atoms with Crippen LogP contribution in [0.2, 0.25) is 0 Å². The van der Waals surface area contributed by atoms with Crippen molar-refractivity contribution < 1.29 is 9.53 Å². The number of nitrogens with one attached hydrogen (secondary N) is 3. The number of guanidine groups is 1. The third kappa shape index (κ3) is 5.91. The predicted octanol–water partition coefficient (Wildman–Crippen LogP) is 3.51. The van der Waals surface area contributed by atoms with Crippen molar-refractivity contribution in [2.75, 3.05) is 32.1 Å². The molecule has 9 heteroatoms. The van der Waals surface area contributed by atoms with Crippen molar-refractivity contribution in [1.29, 1.82) is 0 Å². The molecule has 0 aliphatic heterocycles. The van der Waals surface area contributed by atoms with Gasteiger partial charge < -0.3 is 20.7 Å². The minimum atomic E-state index is -0.327. The number of rotatable bonds is 8. The highest BCUT2D eigenvalue weighted by molar-refractivity contribution is 7.13. The van der Waals surface area contributed by atoms with Crippen LogP contribution in [0.5, 0.6) is 0 Å². The molecule has 0 saturated carbocycles. The molecule has 0 amide bonds. The van der Waals surface area contributed by atoms with E-state index >= 15 is 0 Å². The van der Waals surface area contributed by atoms with E-state index in [4.69, 9.17) is 4.74 Å². The molecule has 2 heterocycles. The normalized spacial score (nSPS) is 12.5. The van der Waals surface area contributed by atoms with Crippen LogP contribution in [-0.4, -0.2) is 48.6 Å². The number of anilines is 1. The maximum absolute atomic E-state index is 12.0. The molecule has 8 nitrogen and oxygen atoms in total. The number of hydrogen-bond donors (Lipinski definition) is 3. The van der Waals surface area contributed by atoms with Crippen LogP contribution >= 0.6 is 11.3 Å². The van der Waals surface area contributed by atoms with E-state index in [2.05, 4.69) is 37.0 Å². The molecule has 1 unspecified atom stereocenters. The first-order chi connectivity index (χ1) is 15.0. The van der Waals surface area contributed by atoms with Gasteiger partial charge in [-0.2, -0.15) is 0 Å². The van der Waals surface area contributed by atoms with Gasteiger partial charge in [-0.1, -0.05) is 18.2 Å². The summed E-state index contributed by atoms with van der Waals surface area (Å²) in [6, 6.07) is 12.0. The summed E-state index contributed by atoms with van der Waals surface area (Å²) in [7, 11) is 1.72. The molecule has 164 valence electrons. The van der Waals surface area contributed by atoms with Crippen molar-refractivity contribution in [3.8, 4) is 0 Å². The van der Waals surface area contributed by atoms with E-state index in [1.807, 2.05) is 44.2 Å². The number of ether oxygens (including phenoxy) is 1. The minimum absolute atomic E-state index is 0.104. The van der Waals surface area contributed by atoms with Crippen LogP contribution < -0.4 is 16.0 Å². The van der Waals surface area contributed by atoms with E-state index in [0.29, 0.717) is 36.2 Å². The topological polar surface area (TPSA) is 101 Å².